The average molecular weight is 370 g/mol. The Morgan fingerprint density at radius 2 is 1.54 bits per heavy atom. The van der Waals surface area contributed by atoms with Gasteiger partial charge in [0.1, 0.15) is 0 Å². The Morgan fingerprint density at radius 3 is 2.21 bits per heavy atom. The molecular formula is C24H22N2O2. The molecular weight excluding hydrogens is 348 g/mol. The molecule has 1 fully saturated rings. The molecule has 3 aromatic carbocycles. The number of carbonyl (C=O) groups excluding carboxylic acids is 2. The van der Waals surface area contributed by atoms with Crippen molar-refractivity contribution in [2.75, 3.05) is 11.4 Å². The summed E-state index contributed by atoms with van der Waals surface area (Å²) in [6, 6.07) is 25.3. The molecule has 1 atom stereocenters. The monoisotopic (exact) mass is 370 g/mol. The minimum atomic E-state index is -0.185. The van der Waals surface area contributed by atoms with E-state index < -0.39 is 0 Å². The first-order valence-corrected chi connectivity index (χ1v) is 9.43. The highest BCUT2D eigenvalue weighted by molar-refractivity contribution is 5.99. The molecule has 0 radical (unpaired) electrons. The summed E-state index contributed by atoms with van der Waals surface area (Å²) in [5.74, 6) is -0.114. The minimum absolute atomic E-state index is 0.0357. The Hall–Kier alpha value is -3.40. The molecule has 0 spiro atoms. The van der Waals surface area contributed by atoms with E-state index in [1.165, 1.54) is 0 Å². The molecule has 28 heavy (non-hydrogen) atoms. The first kappa shape index (κ1) is 18.0. The van der Waals surface area contributed by atoms with Crippen molar-refractivity contribution >= 4 is 17.5 Å². The number of benzene rings is 3. The van der Waals surface area contributed by atoms with Crippen molar-refractivity contribution in [2.45, 2.75) is 19.4 Å². The van der Waals surface area contributed by atoms with Gasteiger partial charge < -0.3 is 10.2 Å². The molecule has 0 unspecified atom stereocenters. The molecule has 0 saturated carbocycles. The zero-order chi connectivity index (χ0) is 19.5. The Labute approximate surface area is 164 Å². The van der Waals surface area contributed by atoms with Crippen LogP contribution in [0.1, 0.15) is 22.3 Å². The van der Waals surface area contributed by atoms with Gasteiger partial charge in [-0.1, -0.05) is 60.2 Å². The van der Waals surface area contributed by atoms with Gasteiger partial charge in [-0.05, 0) is 42.3 Å². The van der Waals surface area contributed by atoms with E-state index in [9.17, 15) is 9.59 Å². The standard InChI is InChI=1S/C24H22N2O2/c1-17-7-13-22(14-8-17)26-16-21(15-23(26)27)25-24(28)20-11-9-19(10-12-20)18-5-3-2-4-6-18/h2-14,21H,15-16H2,1H3,(H,25,28)/t21-/m0/s1. The summed E-state index contributed by atoms with van der Waals surface area (Å²) < 4.78 is 0. The number of anilines is 1. The van der Waals surface area contributed by atoms with Crippen LogP contribution >= 0.6 is 0 Å². The lowest BCUT2D eigenvalue weighted by atomic mass is 10.0. The molecule has 1 saturated heterocycles. The van der Waals surface area contributed by atoms with Crippen LogP contribution in [-0.2, 0) is 4.79 Å². The van der Waals surface area contributed by atoms with Gasteiger partial charge in [-0.3, -0.25) is 9.59 Å². The third-order valence-electron chi connectivity index (χ3n) is 5.06. The molecule has 1 heterocycles. The van der Waals surface area contributed by atoms with E-state index in [-0.39, 0.29) is 17.9 Å². The molecule has 1 N–H and O–H groups in total. The van der Waals surface area contributed by atoms with Crippen LogP contribution in [0.3, 0.4) is 0 Å². The smallest absolute Gasteiger partial charge is 0.251 e. The Kier molecular flexibility index (Phi) is 4.94. The van der Waals surface area contributed by atoms with E-state index in [0.717, 1.165) is 22.4 Å². The van der Waals surface area contributed by atoms with E-state index >= 15 is 0 Å². The number of carbonyl (C=O) groups is 2. The molecule has 1 aliphatic heterocycles. The molecule has 140 valence electrons. The fourth-order valence-electron chi connectivity index (χ4n) is 3.49. The largest absolute Gasteiger partial charge is 0.347 e. The normalized spacial score (nSPS) is 16.2. The van der Waals surface area contributed by atoms with Gasteiger partial charge in [-0.25, -0.2) is 0 Å². The Balaban J connectivity index is 1.41. The molecule has 4 rings (SSSR count). The topological polar surface area (TPSA) is 49.4 Å². The van der Waals surface area contributed by atoms with Crippen molar-refractivity contribution in [3.05, 3.63) is 90.0 Å². The molecule has 3 aromatic rings. The van der Waals surface area contributed by atoms with Gasteiger partial charge in [-0.15, -0.1) is 0 Å². The van der Waals surface area contributed by atoms with Crippen molar-refractivity contribution in [1.29, 1.82) is 0 Å². The average Bonchev–Trinajstić information content (AvgIpc) is 3.09. The first-order chi connectivity index (χ1) is 13.6. The van der Waals surface area contributed by atoms with Crippen molar-refractivity contribution < 1.29 is 9.59 Å². The molecule has 0 aliphatic carbocycles. The van der Waals surface area contributed by atoms with Crippen LogP contribution in [0.15, 0.2) is 78.9 Å². The van der Waals surface area contributed by atoms with Gasteiger partial charge in [-0.2, -0.15) is 0 Å². The molecule has 4 heteroatoms. The second kappa shape index (κ2) is 7.69. The fourth-order valence-corrected chi connectivity index (χ4v) is 3.49. The maximum atomic E-state index is 12.6. The van der Waals surface area contributed by atoms with E-state index in [4.69, 9.17) is 0 Å². The Bertz CT molecular complexity index is 979. The lowest BCUT2D eigenvalue weighted by Gasteiger charge is -2.17. The van der Waals surface area contributed by atoms with Crippen LogP contribution < -0.4 is 10.2 Å². The number of nitrogens with one attached hydrogen (secondary N) is 1. The summed E-state index contributed by atoms with van der Waals surface area (Å²) >= 11 is 0. The van der Waals surface area contributed by atoms with E-state index in [0.29, 0.717) is 18.5 Å². The second-order valence-corrected chi connectivity index (χ2v) is 7.16. The minimum Gasteiger partial charge on any atom is -0.347 e. The quantitative estimate of drug-likeness (QED) is 0.748. The van der Waals surface area contributed by atoms with Crippen molar-refractivity contribution in [3.63, 3.8) is 0 Å². The number of amides is 2. The van der Waals surface area contributed by atoms with Crippen molar-refractivity contribution in [3.8, 4) is 11.1 Å². The summed E-state index contributed by atoms with van der Waals surface area (Å²) in [6.45, 7) is 2.51. The molecule has 1 aliphatic rings. The van der Waals surface area contributed by atoms with E-state index in [1.807, 2.05) is 85.8 Å². The number of nitrogens with zero attached hydrogens (tertiary/aromatic N) is 1. The third kappa shape index (κ3) is 3.81. The lowest BCUT2D eigenvalue weighted by Crippen LogP contribution is -2.37. The fraction of sp³-hybridized carbons (Fsp3) is 0.167. The van der Waals surface area contributed by atoms with Crippen molar-refractivity contribution in [1.82, 2.24) is 5.32 Å². The van der Waals surface area contributed by atoms with Crippen LogP contribution in [0.2, 0.25) is 0 Å². The van der Waals surface area contributed by atoms with Crippen LogP contribution in [-0.4, -0.2) is 24.4 Å². The molecule has 4 nitrogen and oxygen atoms in total. The number of aryl methyl sites for hydroxylation is 1. The predicted octanol–water partition coefficient (Wildman–Crippen LogP) is 4.20. The van der Waals surface area contributed by atoms with Crippen LogP contribution in [0.4, 0.5) is 5.69 Å². The number of hydrogen-bond donors (Lipinski definition) is 1. The zero-order valence-corrected chi connectivity index (χ0v) is 15.8. The first-order valence-electron chi connectivity index (χ1n) is 9.43. The SMILES string of the molecule is Cc1ccc(N2C[C@@H](NC(=O)c3ccc(-c4ccccc4)cc3)CC2=O)cc1. The highest BCUT2D eigenvalue weighted by atomic mass is 16.2. The van der Waals surface area contributed by atoms with Gasteiger partial charge in [0.25, 0.3) is 5.91 Å². The van der Waals surface area contributed by atoms with Gasteiger partial charge in [0.2, 0.25) is 5.91 Å². The van der Waals surface area contributed by atoms with E-state index in [1.54, 1.807) is 4.90 Å². The maximum absolute atomic E-state index is 12.6. The van der Waals surface area contributed by atoms with Gasteiger partial charge in [0.05, 0.1) is 6.04 Å². The van der Waals surface area contributed by atoms with E-state index in [2.05, 4.69) is 5.32 Å². The van der Waals surface area contributed by atoms with Gasteiger partial charge in [0, 0.05) is 24.2 Å². The Morgan fingerprint density at radius 1 is 0.893 bits per heavy atom. The summed E-state index contributed by atoms with van der Waals surface area (Å²) in [4.78, 5) is 26.7. The second-order valence-electron chi connectivity index (χ2n) is 7.16. The van der Waals surface area contributed by atoms with Crippen LogP contribution in [0, 0.1) is 6.92 Å². The molecule has 0 bridgehead atoms. The van der Waals surface area contributed by atoms with Gasteiger partial charge in [0.15, 0.2) is 0 Å². The summed E-state index contributed by atoms with van der Waals surface area (Å²) in [7, 11) is 0. The summed E-state index contributed by atoms with van der Waals surface area (Å²) in [6.07, 6.45) is 0.321. The molecule has 2 amide bonds. The van der Waals surface area contributed by atoms with Gasteiger partial charge >= 0.3 is 0 Å². The highest BCUT2D eigenvalue weighted by Crippen LogP contribution is 2.23. The molecule has 0 aromatic heterocycles. The number of rotatable bonds is 4. The summed E-state index contributed by atoms with van der Waals surface area (Å²) in [5, 5.41) is 2.99. The maximum Gasteiger partial charge on any atom is 0.251 e. The third-order valence-corrected chi connectivity index (χ3v) is 5.06. The zero-order valence-electron chi connectivity index (χ0n) is 15.8. The predicted molar refractivity (Wildman–Crippen MR) is 111 cm³/mol. The summed E-state index contributed by atoms with van der Waals surface area (Å²) in [5.41, 5.74) is 4.81. The lowest BCUT2D eigenvalue weighted by molar-refractivity contribution is -0.117. The highest BCUT2D eigenvalue weighted by Gasteiger charge is 2.31. The number of hydrogen-bond acceptors (Lipinski definition) is 2. The van der Waals surface area contributed by atoms with Crippen molar-refractivity contribution in [2.24, 2.45) is 0 Å². The van der Waals surface area contributed by atoms with Crippen LogP contribution in [0.5, 0.6) is 0 Å². The van der Waals surface area contributed by atoms with Crippen LogP contribution in [0.25, 0.3) is 11.1 Å².